The lowest BCUT2D eigenvalue weighted by Gasteiger charge is -2.13. The smallest absolute Gasteiger partial charge is 0.273 e. The zero-order valence-electron chi connectivity index (χ0n) is 15.0. The van der Waals surface area contributed by atoms with Gasteiger partial charge in [0.15, 0.2) is 21.9 Å². The van der Waals surface area contributed by atoms with Crippen LogP contribution < -0.4 is 10.9 Å². The van der Waals surface area contributed by atoms with Crippen molar-refractivity contribution in [2.75, 3.05) is 5.32 Å². The van der Waals surface area contributed by atoms with Gasteiger partial charge in [-0.3, -0.25) is 9.59 Å². The lowest BCUT2D eigenvalue weighted by molar-refractivity contribution is -0.115. The minimum atomic E-state index is -0.960. The van der Waals surface area contributed by atoms with Crippen molar-refractivity contribution in [2.24, 2.45) is 0 Å². The first kappa shape index (κ1) is 20.2. The van der Waals surface area contributed by atoms with Crippen LogP contribution in [0.2, 0.25) is 0 Å². The molecule has 3 rings (SSSR count). The molecule has 0 aliphatic heterocycles. The number of hydrogen-bond donors (Lipinski definition) is 1. The number of rotatable bonds is 6. The highest BCUT2D eigenvalue weighted by atomic mass is 32.2. The van der Waals surface area contributed by atoms with Crippen LogP contribution in [0.15, 0.2) is 45.8 Å². The molecule has 0 radical (unpaired) electrons. The predicted octanol–water partition coefficient (Wildman–Crippen LogP) is 3.78. The molecule has 146 valence electrons. The van der Waals surface area contributed by atoms with Crippen LogP contribution in [0.25, 0.3) is 11.3 Å². The Bertz CT molecular complexity index is 1070. The molecule has 10 heteroatoms. The Morgan fingerprint density at radius 1 is 1.29 bits per heavy atom. The number of hydrogen-bond acceptors (Lipinski definition) is 6. The highest BCUT2D eigenvalue weighted by Gasteiger charge is 2.19. The predicted molar refractivity (Wildman–Crippen MR) is 106 cm³/mol. The quantitative estimate of drug-likeness (QED) is 0.483. The molecule has 1 unspecified atom stereocenters. The van der Waals surface area contributed by atoms with E-state index in [1.165, 1.54) is 35.2 Å². The molecule has 1 amide bonds. The van der Waals surface area contributed by atoms with Crippen LogP contribution in [0.1, 0.15) is 13.8 Å². The zero-order valence-corrected chi connectivity index (χ0v) is 16.6. The fourth-order valence-corrected chi connectivity index (χ4v) is 3.96. The number of aryl methyl sites for hydroxylation is 1. The van der Waals surface area contributed by atoms with Gasteiger partial charge in [-0.15, -0.1) is 11.3 Å². The number of halogens is 2. The van der Waals surface area contributed by atoms with Gasteiger partial charge in [0.05, 0.1) is 10.9 Å². The second-order valence-electron chi connectivity index (χ2n) is 5.75. The van der Waals surface area contributed by atoms with Gasteiger partial charge in [0.1, 0.15) is 0 Å². The summed E-state index contributed by atoms with van der Waals surface area (Å²) >= 11 is 2.35. The Morgan fingerprint density at radius 3 is 2.79 bits per heavy atom. The number of nitrogens with zero attached hydrogens (tertiary/aromatic N) is 3. The van der Waals surface area contributed by atoms with Crippen LogP contribution in [-0.2, 0) is 11.3 Å². The first-order chi connectivity index (χ1) is 13.4. The van der Waals surface area contributed by atoms with E-state index < -0.39 is 16.9 Å². The van der Waals surface area contributed by atoms with Gasteiger partial charge in [-0.1, -0.05) is 11.8 Å². The third kappa shape index (κ3) is 4.63. The molecule has 28 heavy (non-hydrogen) atoms. The summed E-state index contributed by atoms with van der Waals surface area (Å²) in [5, 5.41) is 4.61. The van der Waals surface area contributed by atoms with E-state index in [0.29, 0.717) is 28.1 Å². The van der Waals surface area contributed by atoms with E-state index in [4.69, 9.17) is 0 Å². The molecule has 3 aromatic rings. The Hall–Kier alpha value is -2.59. The van der Waals surface area contributed by atoms with Gasteiger partial charge in [-0.25, -0.2) is 13.8 Å². The first-order valence-electron chi connectivity index (χ1n) is 8.33. The zero-order chi connectivity index (χ0) is 20.3. The van der Waals surface area contributed by atoms with E-state index >= 15 is 0 Å². The lowest BCUT2D eigenvalue weighted by atomic mass is 10.2. The average molecular weight is 422 g/mol. The molecule has 0 aliphatic rings. The SMILES string of the molecule is CCn1ccc(=O)nc1SC(C)C(=O)Nc1nc(-c2ccc(F)c(F)c2)cs1. The van der Waals surface area contributed by atoms with E-state index in [0.717, 1.165) is 12.1 Å². The van der Waals surface area contributed by atoms with Gasteiger partial charge >= 0.3 is 0 Å². The topological polar surface area (TPSA) is 76.9 Å². The second kappa shape index (κ2) is 8.61. The third-order valence-electron chi connectivity index (χ3n) is 3.79. The molecule has 6 nitrogen and oxygen atoms in total. The van der Waals surface area contributed by atoms with Gasteiger partial charge in [-0.2, -0.15) is 4.98 Å². The number of carbonyl (C=O) groups is 1. The van der Waals surface area contributed by atoms with Gasteiger partial charge in [0.2, 0.25) is 5.91 Å². The second-order valence-corrected chi connectivity index (χ2v) is 7.92. The Kier molecular flexibility index (Phi) is 6.20. The van der Waals surface area contributed by atoms with E-state index in [-0.39, 0.29) is 11.5 Å². The van der Waals surface area contributed by atoms with Crippen molar-refractivity contribution in [3.05, 3.63) is 57.8 Å². The lowest BCUT2D eigenvalue weighted by Crippen LogP contribution is -2.24. The molecular formula is C18H16F2N4O2S2. The van der Waals surface area contributed by atoms with Crippen LogP contribution in [-0.4, -0.2) is 25.7 Å². The van der Waals surface area contributed by atoms with Crippen molar-refractivity contribution in [2.45, 2.75) is 30.8 Å². The van der Waals surface area contributed by atoms with Gasteiger partial charge in [0, 0.05) is 29.8 Å². The highest BCUT2D eigenvalue weighted by Crippen LogP contribution is 2.27. The summed E-state index contributed by atoms with van der Waals surface area (Å²) in [6.45, 7) is 4.23. The van der Waals surface area contributed by atoms with Crippen LogP contribution in [0.3, 0.4) is 0 Å². The minimum absolute atomic E-state index is 0.308. The summed E-state index contributed by atoms with van der Waals surface area (Å²) in [5.41, 5.74) is 0.485. The van der Waals surface area contributed by atoms with E-state index in [1.807, 2.05) is 6.92 Å². The van der Waals surface area contributed by atoms with Crippen molar-refractivity contribution in [3.63, 3.8) is 0 Å². The van der Waals surface area contributed by atoms with Gasteiger partial charge < -0.3 is 9.88 Å². The number of benzene rings is 1. The molecule has 2 aromatic heterocycles. The van der Waals surface area contributed by atoms with Crippen LogP contribution in [0, 0.1) is 11.6 Å². The molecule has 1 aromatic carbocycles. The van der Waals surface area contributed by atoms with Crippen LogP contribution in [0.5, 0.6) is 0 Å². The Labute approximate surface area is 167 Å². The minimum Gasteiger partial charge on any atom is -0.328 e. The molecule has 0 saturated carbocycles. The van der Waals surface area contributed by atoms with E-state index in [9.17, 15) is 18.4 Å². The number of nitrogens with one attached hydrogen (secondary N) is 1. The number of aromatic nitrogens is 3. The normalized spacial score (nSPS) is 12.0. The molecule has 0 fully saturated rings. The van der Waals surface area contributed by atoms with Gasteiger partial charge in [-0.05, 0) is 32.0 Å². The van der Waals surface area contributed by atoms with Crippen molar-refractivity contribution in [3.8, 4) is 11.3 Å². The Balaban J connectivity index is 1.69. The summed E-state index contributed by atoms with van der Waals surface area (Å²) in [6, 6.07) is 4.87. The van der Waals surface area contributed by atoms with Crippen molar-refractivity contribution in [1.82, 2.24) is 14.5 Å². The molecule has 1 N–H and O–H groups in total. The third-order valence-corrected chi connectivity index (χ3v) is 5.65. The number of anilines is 1. The molecule has 1 atom stereocenters. The molecule has 0 bridgehead atoms. The molecule has 2 heterocycles. The van der Waals surface area contributed by atoms with E-state index in [2.05, 4.69) is 15.3 Å². The first-order valence-corrected chi connectivity index (χ1v) is 10.1. The summed E-state index contributed by atoms with van der Waals surface area (Å²) < 4.78 is 28.2. The molecule has 0 aliphatic carbocycles. The summed E-state index contributed by atoms with van der Waals surface area (Å²) in [5.74, 6) is -2.20. The largest absolute Gasteiger partial charge is 0.328 e. The van der Waals surface area contributed by atoms with Crippen LogP contribution >= 0.6 is 23.1 Å². The van der Waals surface area contributed by atoms with E-state index in [1.54, 1.807) is 23.1 Å². The van der Waals surface area contributed by atoms with Gasteiger partial charge in [0.25, 0.3) is 5.56 Å². The molecular weight excluding hydrogens is 406 g/mol. The van der Waals surface area contributed by atoms with Crippen molar-refractivity contribution in [1.29, 1.82) is 0 Å². The van der Waals surface area contributed by atoms with Crippen molar-refractivity contribution >= 4 is 34.1 Å². The molecule has 0 spiro atoms. The maximum absolute atomic E-state index is 13.4. The molecule has 0 saturated heterocycles. The summed E-state index contributed by atoms with van der Waals surface area (Å²) in [6.07, 6.45) is 1.64. The fourth-order valence-electron chi connectivity index (χ4n) is 2.29. The number of amides is 1. The highest BCUT2D eigenvalue weighted by molar-refractivity contribution is 8.00. The number of thiazole rings is 1. The van der Waals surface area contributed by atoms with Crippen LogP contribution in [0.4, 0.5) is 13.9 Å². The van der Waals surface area contributed by atoms with Crippen molar-refractivity contribution < 1.29 is 13.6 Å². The standard InChI is InChI=1S/C18H16F2N4O2S2/c1-3-24-7-6-15(25)22-18(24)28-10(2)16(26)23-17-21-14(9-27-17)11-4-5-12(19)13(20)8-11/h4-10H,3H2,1-2H3,(H,21,23,26). The number of thioether (sulfide) groups is 1. The number of carbonyl (C=O) groups excluding carboxylic acids is 1. The fraction of sp³-hybridized carbons (Fsp3) is 0.222. The summed E-state index contributed by atoms with van der Waals surface area (Å²) in [7, 11) is 0. The maximum atomic E-state index is 13.4. The Morgan fingerprint density at radius 2 is 2.07 bits per heavy atom. The maximum Gasteiger partial charge on any atom is 0.273 e. The monoisotopic (exact) mass is 422 g/mol. The summed E-state index contributed by atoms with van der Waals surface area (Å²) in [4.78, 5) is 32.1. The average Bonchev–Trinajstić information content (AvgIpc) is 3.12.